The van der Waals surface area contributed by atoms with Crippen LogP contribution in [0, 0.1) is 0 Å². The fraction of sp³-hybridized carbons (Fsp3) is 0. The lowest BCUT2D eigenvalue weighted by atomic mass is 10.2. The van der Waals surface area contributed by atoms with E-state index in [0.717, 1.165) is 16.2 Å². The maximum atomic E-state index is 10.8. The van der Waals surface area contributed by atoms with E-state index < -0.39 is 10.3 Å². The number of hydrogen-bond acceptors (Lipinski definition) is 5. The summed E-state index contributed by atoms with van der Waals surface area (Å²) in [5.74, 6) is 0.173. The summed E-state index contributed by atoms with van der Waals surface area (Å²) in [6, 6.07) is 6.53. The molecule has 0 unspecified atom stereocenters. The molecule has 0 radical (unpaired) electrons. The van der Waals surface area contributed by atoms with Crippen molar-refractivity contribution in [2.45, 2.75) is 0 Å². The molecule has 0 atom stereocenters. The van der Waals surface area contributed by atoms with E-state index in [1.165, 1.54) is 12.1 Å². The number of imidazole rings is 1. The molecular weight excluding hydrogens is 286 g/mol. The fourth-order valence-electron chi connectivity index (χ4n) is 1.68. The van der Waals surface area contributed by atoms with Gasteiger partial charge in [0, 0.05) is 23.3 Å². The van der Waals surface area contributed by atoms with E-state index in [1.807, 2.05) is 22.2 Å². The van der Waals surface area contributed by atoms with E-state index >= 15 is 0 Å². The zero-order valence-electron chi connectivity index (χ0n) is 9.55. The zero-order chi connectivity index (χ0) is 13.5. The molecule has 2 N–H and O–H groups in total. The molecule has 2 aromatic heterocycles. The van der Waals surface area contributed by atoms with Crippen molar-refractivity contribution in [2.24, 2.45) is 5.14 Å². The molecule has 0 fully saturated rings. The van der Waals surface area contributed by atoms with E-state index in [-0.39, 0.29) is 5.75 Å². The summed E-state index contributed by atoms with van der Waals surface area (Å²) in [5, 5.41) is 6.74. The van der Waals surface area contributed by atoms with Gasteiger partial charge in [-0.25, -0.2) is 4.98 Å². The summed E-state index contributed by atoms with van der Waals surface area (Å²) in [5.41, 5.74) is 1.69. The topological polar surface area (TPSA) is 86.7 Å². The van der Waals surface area contributed by atoms with Crippen molar-refractivity contribution >= 4 is 26.6 Å². The van der Waals surface area contributed by atoms with Crippen LogP contribution in [0.5, 0.6) is 5.75 Å². The summed E-state index contributed by atoms with van der Waals surface area (Å²) in [7, 11) is -3.98. The second-order valence-corrected chi connectivity index (χ2v) is 5.84. The summed E-state index contributed by atoms with van der Waals surface area (Å²) < 4.78 is 28.0. The maximum absolute atomic E-state index is 10.8. The molecule has 19 heavy (non-hydrogen) atoms. The monoisotopic (exact) mass is 295 g/mol. The van der Waals surface area contributed by atoms with Crippen molar-refractivity contribution in [3.63, 3.8) is 0 Å². The quantitative estimate of drug-likeness (QED) is 0.796. The Morgan fingerprint density at radius 2 is 2.00 bits per heavy atom. The highest BCUT2D eigenvalue weighted by molar-refractivity contribution is 7.84. The second kappa shape index (κ2) is 4.34. The Balaban J connectivity index is 1.92. The van der Waals surface area contributed by atoms with Gasteiger partial charge in [-0.1, -0.05) is 0 Å². The first-order valence-corrected chi connectivity index (χ1v) is 7.61. The van der Waals surface area contributed by atoms with E-state index in [4.69, 9.17) is 5.14 Å². The first-order valence-electron chi connectivity index (χ1n) is 5.26. The van der Waals surface area contributed by atoms with Crippen molar-refractivity contribution in [1.29, 1.82) is 0 Å². The molecule has 0 spiro atoms. The molecule has 0 amide bonds. The number of nitrogens with zero attached hydrogens (tertiary/aromatic N) is 2. The van der Waals surface area contributed by atoms with Crippen LogP contribution in [-0.2, 0) is 10.3 Å². The second-order valence-electron chi connectivity index (χ2n) is 3.82. The molecule has 0 aliphatic carbocycles. The Kier molecular flexibility index (Phi) is 2.77. The molecule has 3 rings (SSSR count). The number of aromatic nitrogens is 2. The maximum Gasteiger partial charge on any atom is 0.380 e. The van der Waals surface area contributed by atoms with Crippen molar-refractivity contribution in [2.75, 3.05) is 0 Å². The van der Waals surface area contributed by atoms with E-state index in [9.17, 15) is 8.42 Å². The first-order chi connectivity index (χ1) is 9.01. The largest absolute Gasteiger partial charge is 0.380 e. The molecule has 0 saturated carbocycles. The molecule has 0 aliphatic heterocycles. The van der Waals surface area contributed by atoms with Crippen molar-refractivity contribution in [3.05, 3.63) is 42.0 Å². The number of nitrogens with two attached hydrogens (primary N) is 1. The summed E-state index contributed by atoms with van der Waals surface area (Å²) >= 11 is 1.55. The Labute approximate surface area is 113 Å². The van der Waals surface area contributed by atoms with Gasteiger partial charge in [0.1, 0.15) is 5.75 Å². The molecule has 6 nitrogen and oxygen atoms in total. The summed E-state index contributed by atoms with van der Waals surface area (Å²) in [4.78, 5) is 5.35. The average Bonchev–Trinajstić information content (AvgIpc) is 2.87. The van der Waals surface area contributed by atoms with Crippen LogP contribution in [0.3, 0.4) is 0 Å². The van der Waals surface area contributed by atoms with Gasteiger partial charge in [0.05, 0.1) is 5.69 Å². The van der Waals surface area contributed by atoms with Gasteiger partial charge in [-0.2, -0.15) is 13.6 Å². The van der Waals surface area contributed by atoms with Crippen LogP contribution in [-0.4, -0.2) is 17.8 Å². The van der Waals surface area contributed by atoms with E-state index in [1.54, 1.807) is 23.5 Å². The van der Waals surface area contributed by atoms with Crippen LogP contribution in [0.25, 0.3) is 16.2 Å². The number of thiazole rings is 1. The Morgan fingerprint density at radius 1 is 1.26 bits per heavy atom. The highest BCUT2D eigenvalue weighted by atomic mass is 32.2. The lowest BCUT2D eigenvalue weighted by molar-refractivity contribution is 0.488. The summed E-state index contributed by atoms with van der Waals surface area (Å²) in [6.07, 6.45) is 3.83. The Hall–Kier alpha value is -1.90. The number of benzene rings is 1. The zero-order valence-corrected chi connectivity index (χ0v) is 11.2. The minimum atomic E-state index is -3.98. The third-order valence-electron chi connectivity index (χ3n) is 2.46. The number of fused-ring (bicyclic) bond motifs is 1. The molecule has 98 valence electrons. The normalized spacial score (nSPS) is 11.8. The van der Waals surface area contributed by atoms with Gasteiger partial charge in [0.15, 0.2) is 4.96 Å². The first kappa shape index (κ1) is 12.2. The van der Waals surface area contributed by atoms with Crippen molar-refractivity contribution < 1.29 is 12.6 Å². The van der Waals surface area contributed by atoms with Gasteiger partial charge in [-0.3, -0.25) is 4.40 Å². The molecule has 2 heterocycles. The van der Waals surface area contributed by atoms with Gasteiger partial charge < -0.3 is 4.18 Å². The average molecular weight is 295 g/mol. The van der Waals surface area contributed by atoms with Crippen LogP contribution in [0.2, 0.25) is 0 Å². The molecule has 0 saturated heterocycles. The van der Waals surface area contributed by atoms with Gasteiger partial charge in [-0.05, 0) is 24.3 Å². The number of rotatable bonds is 3. The minimum Gasteiger partial charge on any atom is -0.371 e. The van der Waals surface area contributed by atoms with E-state index in [2.05, 4.69) is 9.17 Å². The van der Waals surface area contributed by atoms with Crippen LogP contribution >= 0.6 is 11.3 Å². The number of hydrogen-bond donors (Lipinski definition) is 1. The molecule has 3 aromatic rings. The van der Waals surface area contributed by atoms with Crippen LogP contribution in [0.1, 0.15) is 0 Å². The fourth-order valence-corrected chi connectivity index (χ4v) is 2.76. The molecule has 1 aromatic carbocycles. The van der Waals surface area contributed by atoms with Gasteiger partial charge in [0.25, 0.3) is 0 Å². The SMILES string of the molecule is NS(=O)(=O)Oc1ccc(-c2cn3ccsc3n2)cc1. The highest BCUT2D eigenvalue weighted by Gasteiger charge is 2.07. The smallest absolute Gasteiger partial charge is 0.371 e. The standard InChI is InChI=1S/C11H9N3O3S2/c12-19(15,16)17-9-3-1-8(2-4-9)10-7-14-5-6-18-11(14)13-10/h1-7H,(H2,12,15,16). The molecule has 0 aliphatic rings. The van der Waals surface area contributed by atoms with Crippen LogP contribution < -0.4 is 9.32 Å². The molecular formula is C11H9N3O3S2. The third kappa shape index (κ3) is 2.60. The lowest BCUT2D eigenvalue weighted by Gasteiger charge is -2.02. The Bertz CT molecular complexity index is 790. The van der Waals surface area contributed by atoms with E-state index in [0.29, 0.717) is 0 Å². The third-order valence-corrected chi connectivity index (χ3v) is 3.65. The predicted molar refractivity (Wildman–Crippen MR) is 72.2 cm³/mol. The van der Waals surface area contributed by atoms with Crippen LogP contribution in [0.15, 0.2) is 42.0 Å². The van der Waals surface area contributed by atoms with Gasteiger partial charge in [0.2, 0.25) is 0 Å². The van der Waals surface area contributed by atoms with Crippen LogP contribution in [0.4, 0.5) is 0 Å². The van der Waals surface area contributed by atoms with Crippen molar-refractivity contribution in [1.82, 2.24) is 9.38 Å². The highest BCUT2D eigenvalue weighted by Crippen LogP contribution is 2.23. The minimum absolute atomic E-state index is 0.173. The lowest BCUT2D eigenvalue weighted by Crippen LogP contribution is -2.18. The van der Waals surface area contributed by atoms with Gasteiger partial charge >= 0.3 is 10.3 Å². The Morgan fingerprint density at radius 3 is 2.63 bits per heavy atom. The molecule has 8 heteroatoms. The van der Waals surface area contributed by atoms with Crippen molar-refractivity contribution in [3.8, 4) is 17.0 Å². The van der Waals surface area contributed by atoms with Gasteiger partial charge in [-0.15, -0.1) is 11.3 Å². The molecule has 0 bridgehead atoms. The predicted octanol–water partition coefficient (Wildman–Crippen LogP) is 1.65. The summed E-state index contributed by atoms with van der Waals surface area (Å²) in [6.45, 7) is 0.